The highest BCUT2D eigenvalue weighted by Gasteiger charge is 2.38. The zero-order valence-corrected chi connectivity index (χ0v) is 23.3. The van der Waals surface area contributed by atoms with E-state index >= 15 is 0 Å². The molecule has 0 aliphatic heterocycles. The number of para-hydroxylation sites is 2. The SMILES string of the molecule is Cc1cccc(C(C(=O)Nc2c(C)cccc2Cl)N(CCO)C(=O)C(CC(N)=O)NC(=O)OC(C)(C)C)c1O. The molecule has 0 saturated heterocycles. The molecule has 0 aliphatic rings. The number of carbonyl (C=O) groups excluding carboxylic acids is 4. The first-order chi connectivity index (χ1) is 18.2. The van der Waals surface area contributed by atoms with E-state index in [1.54, 1.807) is 65.0 Å². The van der Waals surface area contributed by atoms with E-state index in [-0.39, 0.29) is 16.3 Å². The molecule has 0 fully saturated rings. The summed E-state index contributed by atoms with van der Waals surface area (Å²) in [7, 11) is 0. The lowest BCUT2D eigenvalue weighted by molar-refractivity contribution is -0.142. The minimum Gasteiger partial charge on any atom is -0.507 e. The van der Waals surface area contributed by atoms with Crippen molar-refractivity contribution in [1.29, 1.82) is 0 Å². The number of nitrogens with two attached hydrogens (primary N) is 1. The lowest BCUT2D eigenvalue weighted by Gasteiger charge is -2.34. The van der Waals surface area contributed by atoms with E-state index in [0.29, 0.717) is 16.8 Å². The third kappa shape index (κ3) is 8.59. The van der Waals surface area contributed by atoms with E-state index in [0.717, 1.165) is 4.90 Å². The summed E-state index contributed by atoms with van der Waals surface area (Å²) in [6.45, 7) is 7.22. The Morgan fingerprint density at radius 2 is 1.69 bits per heavy atom. The van der Waals surface area contributed by atoms with Gasteiger partial charge in [0.05, 0.1) is 23.7 Å². The number of aryl methyl sites for hydroxylation is 2. The van der Waals surface area contributed by atoms with Crippen molar-refractivity contribution in [1.82, 2.24) is 10.2 Å². The summed E-state index contributed by atoms with van der Waals surface area (Å²) < 4.78 is 5.22. The van der Waals surface area contributed by atoms with Crippen molar-refractivity contribution >= 4 is 41.1 Å². The number of nitrogens with zero attached hydrogens (tertiary/aromatic N) is 1. The van der Waals surface area contributed by atoms with Crippen LogP contribution in [0.15, 0.2) is 36.4 Å². The molecule has 2 atom stereocenters. The van der Waals surface area contributed by atoms with Gasteiger partial charge in [0.1, 0.15) is 23.4 Å². The van der Waals surface area contributed by atoms with Gasteiger partial charge >= 0.3 is 6.09 Å². The number of nitrogens with one attached hydrogen (secondary N) is 2. The average molecular weight is 563 g/mol. The quantitative estimate of drug-likeness (QED) is 0.296. The highest BCUT2D eigenvalue weighted by molar-refractivity contribution is 6.34. The van der Waals surface area contributed by atoms with Crippen molar-refractivity contribution in [2.45, 2.75) is 58.7 Å². The highest BCUT2D eigenvalue weighted by Crippen LogP contribution is 2.34. The van der Waals surface area contributed by atoms with Crippen LogP contribution in [0, 0.1) is 13.8 Å². The zero-order valence-electron chi connectivity index (χ0n) is 22.6. The monoisotopic (exact) mass is 562 g/mol. The number of amides is 4. The molecule has 0 bridgehead atoms. The Kier molecular flexibility index (Phi) is 10.7. The molecule has 39 heavy (non-hydrogen) atoms. The molecule has 6 N–H and O–H groups in total. The number of benzene rings is 2. The van der Waals surface area contributed by atoms with Crippen molar-refractivity contribution in [2.75, 3.05) is 18.5 Å². The van der Waals surface area contributed by atoms with Crippen LogP contribution in [0.25, 0.3) is 0 Å². The molecule has 2 rings (SSSR count). The zero-order chi connectivity index (χ0) is 29.5. The second kappa shape index (κ2) is 13.3. The predicted molar refractivity (Wildman–Crippen MR) is 146 cm³/mol. The van der Waals surface area contributed by atoms with Crippen LogP contribution >= 0.6 is 11.6 Å². The predicted octanol–water partition coefficient (Wildman–Crippen LogP) is 2.93. The number of halogens is 1. The topological polar surface area (TPSA) is 171 Å². The molecule has 2 aromatic carbocycles. The first-order valence-electron chi connectivity index (χ1n) is 12.2. The number of aliphatic hydroxyl groups is 1. The summed E-state index contributed by atoms with van der Waals surface area (Å²) in [5.74, 6) is -2.83. The number of aromatic hydroxyl groups is 1. The van der Waals surface area contributed by atoms with Crippen LogP contribution in [0.4, 0.5) is 10.5 Å². The van der Waals surface area contributed by atoms with E-state index < -0.39 is 61.1 Å². The van der Waals surface area contributed by atoms with Crippen molar-refractivity contribution in [2.24, 2.45) is 5.73 Å². The minimum absolute atomic E-state index is 0.0501. The molecule has 2 aromatic rings. The fourth-order valence-electron chi connectivity index (χ4n) is 3.86. The van der Waals surface area contributed by atoms with Crippen molar-refractivity contribution < 1.29 is 34.1 Å². The Bertz CT molecular complexity index is 1210. The van der Waals surface area contributed by atoms with E-state index in [1.807, 2.05) is 0 Å². The van der Waals surface area contributed by atoms with Gasteiger partial charge in [-0.1, -0.05) is 41.9 Å². The fraction of sp³-hybridized carbons (Fsp3) is 0.407. The lowest BCUT2D eigenvalue weighted by atomic mass is 9.98. The third-order valence-electron chi connectivity index (χ3n) is 5.61. The Morgan fingerprint density at radius 1 is 1.08 bits per heavy atom. The van der Waals surface area contributed by atoms with Crippen LogP contribution in [-0.2, 0) is 19.1 Å². The van der Waals surface area contributed by atoms with Crippen LogP contribution in [0.3, 0.4) is 0 Å². The number of phenolic OH excluding ortho intramolecular Hbond substituents is 1. The number of ether oxygens (including phenoxy) is 1. The second-order valence-corrected chi connectivity index (χ2v) is 10.4. The Balaban J connectivity index is 2.61. The smallest absolute Gasteiger partial charge is 0.408 e. The molecule has 12 heteroatoms. The summed E-state index contributed by atoms with van der Waals surface area (Å²) in [6.07, 6.45) is -1.60. The maximum atomic E-state index is 13.8. The molecule has 0 aliphatic carbocycles. The van der Waals surface area contributed by atoms with Crippen LogP contribution in [0.2, 0.25) is 5.02 Å². The molecule has 212 valence electrons. The van der Waals surface area contributed by atoms with Crippen LogP contribution < -0.4 is 16.4 Å². The minimum atomic E-state index is -1.53. The Hall–Kier alpha value is -3.83. The van der Waals surface area contributed by atoms with Gasteiger partial charge in [0.25, 0.3) is 5.91 Å². The molecular weight excluding hydrogens is 528 g/mol. The number of rotatable bonds is 10. The number of phenols is 1. The number of carbonyl (C=O) groups is 4. The van der Waals surface area contributed by atoms with Crippen molar-refractivity contribution in [3.05, 3.63) is 58.1 Å². The van der Waals surface area contributed by atoms with Crippen LogP contribution in [0.1, 0.15) is 49.9 Å². The molecule has 0 aromatic heterocycles. The van der Waals surface area contributed by atoms with Gasteiger partial charge in [-0.25, -0.2) is 4.79 Å². The highest BCUT2D eigenvalue weighted by atomic mass is 35.5. The van der Waals surface area contributed by atoms with Crippen LogP contribution in [0.5, 0.6) is 5.75 Å². The van der Waals surface area contributed by atoms with Gasteiger partial charge in [0.15, 0.2) is 0 Å². The molecule has 2 unspecified atom stereocenters. The normalized spacial score (nSPS) is 12.7. The largest absolute Gasteiger partial charge is 0.507 e. The first kappa shape index (κ1) is 31.4. The van der Waals surface area contributed by atoms with E-state index in [4.69, 9.17) is 22.1 Å². The van der Waals surface area contributed by atoms with E-state index in [9.17, 15) is 29.4 Å². The average Bonchev–Trinajstić information content (AvgIpc) is 2.81. The van der Waals surface area contributed by atoms with Crippen molar-refractivity contribution in [3.8, 4) is 5.75 Å². The maximum Gasteiger partial charge on any atom is 0.408 e. The second-order valence-electron chi connectivity index (χ2n) is 9.96. The molecule has 0 saturated carbocycles. The summed E-state index contributed by atoms with van der Waals surface area (Å²) in [5, 5.41) is 26.0. The van der Waals surface area contributed by atoms with Crippen LogP contribution in [-0.4, -0.2) is 63.7 Å². The van der Waals surface area contributed by atoms with Gasteiger partial charge in [0, 0.05) is 12.1 Å². The molecular formula is C27H35ClN4O7. The lowest BCUT2D eigenvalue weighted by Crippen LogP contribution is -2.54. The number of alkyl carbamates (subject to hydrolysis) is 1. The third-order valence-corrected chi connectivity index (χ3v) is 5.93. The van der Waals surface area contributed by atoms with E-state index in [2.05, 4.69) is 10.6 Å². The fourth-order valence-corrected chi connectivity index (χ4v) is 4.13. The van der Waals surface area contributed by atoms with Gasteiger partial charge < -0.3 is 36.2 Å². The summed E-state index contributed by atoms with van der Waals surface area (Å²) in [6, 6.07) is 6.63. The number of hydrogen-bond donors (Lipinski definition) is 5. The summed E-state index contributed by atoms with van der Waals surface area (Å²) in [5.41, 5.74) is 5.85. The Morgan fingerprint density at radius 3 is 2.26 bits per heavy atom. The number of anilines is 1. The van der Waals surface area contributed by atoms with Gasteiger partial charge in [-0.2, -0.15) is 0 Å². The number of hydrogen-bond acceptors (Lipinski definition) is 7. The van der Waals surface area contributed by atoms with Gasteiger partial charge in [-0.3, -0.25) is 14.4 Å². The Labute approximate surface area is 232 Å². The summed E-state index contributed by atoms with van der Waals surface area (Å²) in [4.78, 5) is 52.9. The standard InChI is InChI=1S/C27H35ClN4O7/c1-15-8-7-11-18(28)21(15)31-24(36)22(17-10-6-9-16(2)23(17)35)32(12-13-33)25(37)19(14-20(29)34)30-26(38)39-27(3,4)5/h6-11,19,22,33,35H,12-14H2,1-5H3,(H2,29,34)(H,30,38)(H,31,36). The maximum absolute atomic E-state index is 13.8. The number of primary amides is 1. The molecule has 0 spiro atoms. The molecule has 0 radical (unpaired) electrons. The van der Waals surface area contributed by atoms with Gasteiger partial charge in [-0.15, -0.1) is 0 Å². The van der Waals surface area contributed by atoms with Gasteiger partial charge in [-0.05, 0) is 51.8 Å². The van der Waals surface area contributed by atoms with E-state index in [1.165, 1.54) is 6.07 Å². The van der Waals surface area contributed by atoms with Crippen molar-refractivity contribution in [3.63, 3.8) is 0 Å². The first-order valence-corrected chi connectivity index (χ1v) is 12.6. The number of aliphatic hydroxyl groups excluding tert-OH is 1. The molecule has 4 amide bonds. The van der Waals surface area contributed by atoms with Gasteiger partial charge in [0.2, 0.25) is 11.8 Å². The molecule has 11 nitrogen and oxygen atoms in total. The summed E-state index contributed by atoms with van der Waals surface area (Å²) >= 11 is 6.30. The molecule has 0 heterocycles.